The largest absolute Gasteiger partial charge is 0.462 e. The van der Waals surface area contributed by atoms with Gasteiger partial charge in [0, 0.05) is 19.3 Å². The normalized spacial score (nSPS) is 12.2. The van der Waals surface area contributed by atoms with E-state index in [1.54, 1.807) is 0 Å². The van der Waals surface area contributed by atoms with Gasteiger partial charge in [0.25, 0.3) is 0 Å². The molecule has 0 heterocycles. The van der Waals surface area contributed by atoms with Gasteiger partial charge >= 0.3 is 17.9 Å². The SMILES string of the molecule is CCCCC/C=C\CCCCCCCC(=O)OC(COC(=O)CCCCCCCCC)COC(=O)CCCCCCCCCCCCCCCCC/C=C\C/C=C\CCCCCCC. The Morgan fingerprint density at radius 1 is 0.312 bits per heavy atom. The molecule has 0 fully saturated rings. The molecule has 0 aromatic rings. The van der Waals surface area contributed by atoms with Gasteiger partial charge in [-0.2, -0.15) is 0 Å². The van der Waals surface area contributed by atoms with E-state index in [1.807, 2.05) is 0 Å². The molecule has 0 rings (SSSR count). The lowest BCUT2D eigenvalue weighted by Gasteiger charge is -2.18. The van der Waals surface area contributed by atoms with Crippen LogP contribution in [0.4, 0.5) is 0 Å². The first-order valence-electron chi connectivity index (χ1n) is 28.0. The van der Waals surface area contributed by atoms with Gasteiger partial charge in [0.05, 0.1) is 0 Å². The Labute approximate surface area is 397 Å². The number of hydrogen-bond donors (Lipinski definition) is 0. The molecule has 0 radical (unpaired) electrons. The molecule has 64 heavy (non-hydrogen) atoms. The van der Waals surface area contributed by atoms with Gasteiger partial charge in [0.2, 0.25) is 0 Å². The highest BCUT2D eigenvalue weighted by Crippen LogP contribution is 2.16. The number of carbonyl (C=O) groups excluding carboxylic acids is 3. The van der Waals surface area contributed by atoms with Crippen LogP contribution in [0.15, 0.2) is 36.5 Å². The van der Waals surface area contributed by atoms with Crippen LogP contribution in [0.25, 0.3) is 0 Å². The van der Waals surface area contributed by atoms with Crippen molar-refractivity contribution in [3.05, 3.63) is 36.5 Å². The lowest BCUT2D eigenvalue weighted by molar-refractivity contribution is -0.167. The Balaban J connectivity index is 4.05. The van der Waals surface area contributed by atoms with E-state index >= 15 is 0 Å². The van der Waals surface area contributed by atoms with Crippen molar-refractivity contribution in [1.29, 1.82) is 0 Å². The fraction of sp³-hybridized carbons (Fsp3) is 0.845. The summed E-state index contributed by atoms with van der Waals surface area (Å²) < 4.78 is 16.7. The third-order valence-corrected chi connectivity index (χ3v) is 12.4. The molecule has 0 saturated carbocycles. The van der Waals surface area contributed by atoms with Crippen LogP contribution in [0.1, 0.15) is 297 Å². The van der Waals surface area contributed by atoms with Crippen molar-refractivity contribution in [3.8, 4) is 0 Å². The maximum Gasteiger partial charge on any atom is 0.306 e. The van der Waals surface area contributed by atoms with E-state index in [0.717, 1.165) is 70.6 Å². The number of hydrogen-bond acceptors (Lipinski definition) is 6. The summed E-state index contributed by atoms with van der Waals surface area (Å²) in [6.45, 7) is 6.58. The molecule has 0 aliphatic rings. The smallest absolute Gasteiger partial charge is 0.306 e. The molecule has 1 atom stereocenters. The molecule has 0 saturated heterocycles. The minimum Gasteiger partial charge on any atom is -0.462 e. The second-order valence-electron chi connectivity index (χ2n) is 18.8. The highest BCUT2D eigenvalue weighted by molar-refractivity contribution is 5.71. The maximum absolute atomic E-state index is 12.7. The summed E-state index contributed by atoms with van der Waals surface area (Å²) in [5, 5.41) is 0. The molecule has 0 aliphatic heterocycles. The molecule has 0 aromatic carbocycles. The Bertz CT molecular complexity index is 1080. The van der Waals surface area contributed by atoms with Crippen LogP contribution in [0.3, 0.4) is 0 Å². The zero-order valence-electron chi connectivity index (χ0n) is 42.8. The van der Waals surface area contributed by atoms with Crippen molar-refractivity contribution >= 4 is 17.9 Å². The summed E-state index contributed by atoms with van der Waals surface area (Å²) >= 11 is 0. The number of carbonyl (C=O) groups is 3. The third kappa shape index (κ3) is 50.6. The average Bonchev–Trinajstić information content (AvgIpc) is 3.29. The lowest BCUT2D eigenvalue weighted by atomic mass is 10.0. The first-order chi connectivity index (χ1) is 31.5. The minimum absolute atomic E-state index is 0.0725. The molecule has 0 amide bonds. The first kappa shape index (κ1) is 61.6. The van der Waals surface area contributed by atoms with Crippen LogP contribution in [-0.2, 0) is 28.6 Å². The molecule has 0 bridgehead atoms. The first-order valence-corrected chi connectivity index (χ1v) is 28.0. The molecule has 6 nitrogen and oxygen atoms in total. The van der Waals surface area contributed by atoms with Crippen LogP contribution in [0.2, 0.25) is 0 Å². The number of allylic oxidation sites excluding steroid dienone is 6. The predicted molar refractivity (Wildman–Crippen MR) is 275 cm³/mol. The second kappa shape index (κ2) is 53.2. The molecular formula is C58H106O6. The Morgan fingerprint density at radius 3 is 0.906 bits per heavy atom. The van der Waals surface area contributed by atoms with Gasteiger partial charge in [0.1, 0.15) is 13.2 Å². The monoisotopic (exact) mass is 899 g/mol. The van der Waals surface area contributed by atoms with Crippen LogP contribution in [0.5, 0.6) is 0 Å². The standard InChI is InChI=1S/C58H106O6/c1-4-7-10-13-16-18-20-22-23-24-25-26-27-28-29-30-31-32-33-34-35-36-38-39-42-45-48-51-57(60)63-54-55(53-62-56(59)50-47-44-41-15-12-9-6-3)64-58(61)52-49-46-43-40-37-21-19-17-14-11-8-5-2/h17,19-20,22,24-25,55H,4-16,18,21,23,26-54H2,1-3H3/b19-17-,22-20-,25-24-. The van der Waals surface area contributed by atoms with Crippen LogP contribution in [-0.4, -0.2) is 37.2 Å². The van der Waals surface area contributed by atoms with Crippen molar-refractivity contribution in [3.63, 3.8) is 0 Å². The highest BCUT2D eigenvalue weighted by Gasteiger charge is 2.19. The van der Waals surface area contributed by atoms with Crippen LogP contribution in [0, 0.1) is 0 Å². The van der Waals surface area contributed by atoms with Crippen molar-refractivity contribution in [2.75, 3.05) is 13.2 Å². The van der Waals surface area contributed by atoms with Crippen LogP contribution >= 0.6 is 0 Å². The Morgan fingerprint density at radius 2 is 0.562 bits per heavy atom. The summed E-state index contributed by atoms with van der Waals surface area (Å²) in [7, 11) is 0. The van der Waals surface area contributed by atoms with Gasteiger partial charge in [-0.25, -0.2) is 0 Å². The highest BCUT2D eigenvalue weighted by atomic mass is 16.6. The summed E-state index contributed by atoms with van der Waals surface area (Å²) in [5.41, 5.74) is 0. The van der Waals surface area contributed by atoms with Crippen molar-refractivity contribution in [2.24, 2.45) is 0 Å². The topological polar surface area (TPSA) is 78.9 Å². The molecule has 374 valence electrons. The van der Waals surface area contributed by atoms with Crippen LogP contribution < -0.4 is 0 Å². The number of ether oxygens (including phenoxy) is 3. The van der Waals surface area contributed by atoms with Crippen molar-refractivity contribution < 1.29 is 28.6 Å². The third-order valence-electron chi connectivity index (χ3n) is 12.4. The number of rotatable bonds is 51. The molecular weight excluding hydrogens is 793 g/mol. The van der Waals surface area contributed by atoms with Gasteiger partial charge in [-0.3, -0.25) is 14.4 Å². The van der Waals surface area contributed by atoms with E-state index in [-0.39, 0.29) is 31.1 Å². The lowest BCUT2D eigenvalue weighted by Crippen LogP contribution is -2.30. The van der Waals surface area contributed by atoms with E-state index in [4.69, 9.17) is 14.2 Å². The summed E-state index contributed by atoms with van der Waals surface area (Å²) in [6.07, 6.45) is 63.1. The molecule has 0 aliphatic carbocycles. The molecule has 6 heteroatoms. The van der Waals surface area contributed by atoms with E-state index in [9.17, 15) is 14.4 Å². The Kier molecular flexibility index (Phi) is 51.3. The Hall–Kier alpha value is -2.37. The van der Waals surface area contributed by atoms with E-state index in [0.29, 0.717) is 19.3 Å². The summed E-state index contributed by atoms with van der Waals surface area (Å²) in [6, 6.07) is 0. The number of esters is 3. The maximum atomic E-state index is 12.7. The fourth-order valence-corrected chi connectivity index (χ4v) is 8.12. The van der Waals surface area contributed by atoms with Gasteiger partial charge in [0.15, 0.2) is 6.10 Å². The molecule has 0 N–H and O–H groups in total. The molecule has 1 unspecified atom stereocenters. The van der Waals surface area contributed by atoms with Gasteiger partial charge in [-0.1, -0.05) is 237 Å². The van der Waals surface area contributed by atoms with Gasteiger partial charge in [-0.15, -0.1) is 0 Å². The fourth-order valence-electron chi connectivity index (χ4n) is 8.12. The zero-order valence-corrected chi connectivity index (χ0v) is 42.8. The quantitative estimate of drug-likeness (QED) is 0.0262. The van der Waals surface area contributed by atoms with E-state index < -0.39 is 6.10 Å². The number of unbranched alkanes of at least 4 members (excludes halogenated alkanes) is 34. The van der Waals surface area contributed by atoms with Gasteiger partial charge < -0.3 is 14.2 Å². The molecule has 0 aromatic heterocycles. The zero-order chi connectivity index (χ0) is 46.5. The van der Waals surface area contributed by atoms with Crippen molar-refractivity contribution in [2.45, 2.75) is 303 Å². The summed E-state index contributed by atoms with van der Waals surface area (Å²) in [5.74, 6) is -0.878. The van der Waals surface area contributed by atoms with Crippen molar-refractivity contribution in [1.82, 2.24) is 0 Å². The second-order valence-corrected chi connectivity index (χ2v) is 18.8. The summed E-state index contributed by atoms with van der Waals surface area (Å²) in [4.78, 5) is 37.8. The van der Waals surface area contributed by atoms with E-state index in [1.165, 1.54) is 186 Å². The predicted octanol–water partition coefficient (Wildman–Crippen LogP) is 18.5. The minimum atomic E-state index is -0.770. The van der Waals surface area contributed by atoms with E-state index in [2.05, 4.69) is 57.2 Å². The molecule has 0 spiro atoms. The van der Waals surface area contributed by atoms with Gasteiger partial charge in [-0.05, 0) is 77.0 Å². The average molecular weight is 899 g/mol.